The quantitative estimate of drug-likeness (QED) is 0.400. The molecule has 0 saturated carbocycles. The van der Waals surface area contributed by atoms with Crippen LogP contribution in [0.25, 0.3) is 0 Å². The van der Waals surface area contributed by atoms with Crippen molar-refractivity contribution >= 4 is 11.9 Å². The van der Waals surface area contributed by atoms with Gasteiger partial charge in [-0.15, -0.1) is 0 Å². The Labute approximate surface area is 59.4 Å². The maximum atomic E-state index is 10.8. The molecule has 10 heavy (non-hydrogen) atoms. The van der Waals surface area contributed by atoms with Crippen LogP contribution in [0.1, 0.15) is 20.3 Å². The molecule has 56 valence electrons. The average molecular weight is 142 g/mol. The van der Waals surface area contributed by atoms with Gasteiger partial charge in [0.05, 0.1) is 12.3 Å². The normalized spacial score (nSPS) is 25.7. The molecule has 0 aliphatic carbocycles. The molecule has 0 aromatic rings. The lowest BCUT2D eigenvalue weighted by Crippen LogP contribution is -2.13. The van der Waals surface area contributed by atoms with Gasteiger partial charge in [-0.3, -0.25) is 9.59 Å². The predicted molar refractivity (Wildman–Crippen MR) is 34.0 cm³/mol. The highest BCUT2D eigenvalue weighted by molar-refractivity contribution is 5.94. The third kappa shape index (κ3) is 1.17. The van der Waals surface area contributed by atoms with E-state index < -0.39 is 0 Å². The minimum absolute atomic E-state index is 0.201. The number of hydrogen-bond donors (Lipinski definition) is 0. The zero-order chi connectivity index (χ0) is 7.72. The van der Waals surface area contributed by atoms with E-state index in [-0.39, 0.29) is 30.2 Å². The van der Waals surface area contributed by atoms with E-state index in [4.69, 9.17) is 0 Å². The van der Waals surface area contributed by atoms with Crippen molar-refractivity contribution in [3.8, 4) is 0 Å². The fourth-order valence-electron chi connectivity index (χ4n) is 1.00. The second-order valence-corrected chi connectivity index (χ2v) is 2.85. The van der Waals surface area contributed by atoms with E-state index in [1.165, 1.54) is 0 Å². The lowest BCUT2D eigenvalue weighted by molar-refractivity contribution is -0.153. The van der Waals surface area contributed by atoms with Crippen LogP contribution in [0, 0.1) is 11.8 Å². The van der Waals surface area contributed by atoms with Crippen molar-refractivity contribution in [2.45, 2.75) is 20.3 Å². The SMILES string of the molecule is CC(C)[C@@H]1CC(=O)OC1=O. The lowest BCUT2D eigenvalue weighted by atomic mass is 9.95. The number of rotatable bonds is 1. The van der Waals surface area contributed by atoms with Crippen LogP contribution in [-0.4, -0.2) is 11.9 Å². The van der Waals surface area contributed by atoms with Crippen molar-refractivity contribution in [1.82, 2.24) is 0 Å². The van der Waals surface area contributed by atoms with Gasteiger partial charge in [0.25, 0.3) is 0 Å². The summed E-state index contributed by atoms with van der Waals surface area (Å²) in [5, 5.41) is 0. The van der Waals surface area contributed by atoms with Gasteiger partial charge in [-0.25, -0.2) is 0 Å². The first-order chi connectivity index (χ1) is 4.61. The Morgan fingerprint density at radius 2 is 2.10 bits per heavy atom. The Balaban J connectivity index is 2.63. The molecule has 1 heterocycles. The Kier molecular flexibility index (Phi) is 1.74. The topological polar surface area (TPSA) is 43.4 Å². The van der Waals surface area contributed by atoms with Crippen LogP contribution in [0.5, 0.6) is 0 Å². The first-order valence-electron chi connectivity index (χ1n) is 3.36. The van der Waals surface area contributed by atoms with Gasteiger partial charge in [-0.1, -0.05) is 13.8 Å². The van der Waals surface area contributed by atoms with E-state index in [0.717, 1.165) is 0 Å². The molecule has 0 amide bonds. The standard InChI is InChI=1S/C7H10O3/c1-4(2)5-3-6(8)10-7(5)9/h4-5H,3H2,1-2H3/t5-/m0/s1. The largest absolute Gasteiger partial charge is 0.393 e. The molecular weight excluding hydrogens is 132 g/mol. The zero-order valence-corrected chi connectivity index (χ0v) is 6.09. The number of ether oxygens (including phenoxy) is 1. The monoisotopic (exact) mass is 142 g/mol. The van der Waals surface area contributed by atoms with Crippen molar-refractivity contribution < 1.29 is 14.3 Å². The summed E-state index contributed by atoms with van der Waals surface area (Å²) in [6.07, 6.45) is 0.260. The first-order valence-corrected chi connectivity index (χ1v) is 3.36. The average Bonchev–Trinajstić information content (AvgIpc) is 2.10. The minimum atomic E-state index is -0.385. The molecule has 0 bridgehead atoms. The smallest absolute Gasteiger partial charge is 0.317 e. The summed E-state index contributed by atoms with van der Waals surface area (Å²) in [7, 11) is 0. The summed E-state index contributed by atoms with van der Waals surface area (Å²) < 4.78 is 4.36. The molecule has 3 nitrogen and oxygen atoms in total. The van der Waals surface area contributed by atoms with Crippen LogP contribution in [0.4, 0.5) is 0 Å². The maximum absolute atomic E-state index is 10.8. The highest BCUT2D eigenvalue weighted by Crippen LogP contribution is 2.23. The van der Waals surface area contributed by atoms with Crippen LogP contribution in [-0.2, 0) is 14.3 Å². The molecule has 1 fully saturated rings. The van der Waals surface area contributed by atoms with Gasteiger partial charge in [-0.2, -0.15) is 0 Å². The van der Waals surface area contributed by atoms with Crippen molar-refractivity contribution in [2.75, 3.05) is 0 Å². The molecule has 0 aromatic carbocycles. The predicted octanol–water partition coefficient (Wildman–Crippen LogP) is 0.732. The molecule has 0 unspecified atom stereocenters. The van der Waals surface area contributed by atoms with Crippen molar-refractivity contribution in [3.05, 3.63) is 0 Å². The van der Waals surface area contributed by atoms with E-state index in [1.54, 1.807) is 0 Å². The summed E-state index contributed by atoms with van der Waals surface area (Å²) in [6, 6.07) is 0. The third-order valence-electron chi connectivity index (χ3n) is 1.71. The fraction of sp³-hybridized carbons (Fsp3) is 0.714. The number of cyclic esters (lactones) is 2. The van der Waals surface area contributed by atoms with Gasteiger partial charge in [0, 0.05) is 0 Å². The number of carbonyl (C=O) groups is 2. The summed E-state index contributed by atoms with van der Waals surface area (Å²) in [5.74, 6) is -0.741. The van der Waals surface area contributed by atoms with Crippen LogP contribution < -0.4 is 0 Å². The van der Waals surface area contributed by atoms with Crippen LogP contribution in [0.3, 0.4) is 0 Å². The van der Waals surface area contributed by atoms with E-state index in [0.29, 0.717) is 0 Å². The van der Waals surface area contributed by atoms with Gasteiger partial charge in [-0.05, 0) is 5.92 Å². The molecule has 1 aliphatic rings. The highest BCUT2D eigenvalue weighted by Gasteiger charge is 2.35. The molecule has 1 rings (SSSR count). The van der Waals surface area contributed by atoms with E-state index in [2.05, 4.69) is 4.74 Å². The van der Waals surface area contributed by atoms with Crippen molar-refractivity contribution in [2.24, 2.45) is 11.8 Å². The van der Waals surface area contributed by atoms with Gasteiger partial charge >= 0.3 is 11.9 Å². The van der Waals surface area contributed by atoms with E-state index in [9.17, 15) is 9.59 Å². The molecule has 0 N–H and O–H groups in total. The Hall–Kier alpha value is -0.860. The zero-order valence-electron chi connectivity index (χ0n) is 6.09. The van der Waals surface area contributed by atoms with E-state index >= 15 is 0 Å². The number of esters is 2. The number of hydrogen-bond acceptors (Lipinski definition) is 3. The molecule has 0 radical (unpaired) electrons. The second-order valence-electron chi connectivity index (χ2n) is 2.85. The highest BCUT2D eigenvalue weighted by atomic mass is 16.6. The fourth-order valence-corrected chi connectivity index (χ4v) is 1.00. The molecule has 1 aliphatic heterocycles. The minimum Gasteiger partial charge on any atom is -0.393 e. The third-order valence-corrected chi connectivity index (χ3v) is 1.71. The summed E-state index contributed by atoms with van der Waals surface area (Å²) >= 11 is 0. The summed E-state index contributed by atoms with van der Waals surface area (Å²) in [6.45, 7) is 3.81. The Morgan fingerprint density at radius 3 is 2.30 bits per heavy atom. The summed E-state index contributed by atoms with van der Waals surface area (Å²) in [5.41, 5.74) is 0. The van der Waals surface area contributed by atoms with Gasteiger partial charge in [0.1, 0.15) is 0 Å². The molecule has 3 heteroatoms. The van der Waals surface area contributed by atoms with Crippen molar-refractivity contribution in [1.29, 1.82) is 0 Å². The second kappa shape index (κ2) is 2.40. The van der Waals surface area contributed by atoms with Gasteiger partial charge in [0.15, 0.2) is 0 Å². The van der Waals surface area contributed by atoms with Crippen LogP contribution in [0.15, 0.2) is 0 Å². The van der Waals surface area contributed by atoms with E-state index in [1.807, 2.05) is 13.8 Å². The Bertz CT molecular complexity index is 172. The molecular formula is C7H10O3. The molecule has 0 spiro atoms. The Morgan fingerprint density at radius 1 is 1.50 bits per heavy atom. The first kappa shape index (κ1) is 7.25. The molecule has 1 saturated heterocycles. The van der Waals surface area contributed by atoms with Crippen LogP contribution >= 0.6 is 0 Å². The van der Waals surface area contributed by atoms with Gasteiger partial charge in [0.2, 0.25) is 0 Å². The molecule has 1 atom stereocenters. The lowest BCUT2D eigenvalue weighted by Gasteiger charge is -2.06. The number of carbonyl (C=O) groups excluding carboxylic acids is 2. The maximum Gasteiger partial charge on any atom is 0.317 e. The van der Waals surface area contributed by atoms with Gasteiger partial charge < -0.3 is 4.74 Å². The summed E-state index contributed by atoms with van der Waals surface area (Å²) in [4.78, 5) is 21.3. The molecule has 0 aromatic heterocycles. The van der Waals surface area contributed by atoms with Crippen molar-refractivity contribution in [3.63, 3.8) is 0 Å². The van der Waals surface area contributed by atoms with Crippen LogP contribution in [0.2, 0.25) is 0 Å².